The SMILES string of the molecule is O=C(Nc1nc(-c2ccccc2)cs1)C(c1ccccc1)N1CCN(c2ccccc2)CC1. The number of hydrogen-bond acceptors (Lipinski definition) is 5. The molecule has 1 atom stereocenters. The van der Waals surface area contributed by atoms with E-state index >= 15 is 0 Å². The molecule has 0 spiro atoms. The molecule has 4 aromatic rings. The van der Waals surface area contributed by atoms with Gasteiger partial charge in [-0.3, -0.25) is 9.69 Å². The molecule has 3 aromatic carbocycles. The molecule has 1 aliphatic heterocycles. The Hall–Kier alpha value is -3.48. The van der Waals surface area contributed by atoms with Crippen LogP contribution in [0, 0.1) is 0 Å². The van der Waals surface area contributed by atoms with E-state index in [1.807, 2.05) is 72.1 Å². The quantitative estimate of drug-likeness (QED) is 0.429. The van der Waals surface area contributed by atoms with Crippen LogP contribution in [0.25, 0.3) is 11.3 Å². The molecule has 1 aliphatic rings. The highest BCUT2D eigenvalue weighted by molar-refractivity contribution is 7.14. The van der Waals surface area contributed by atoms with E-state index in [-0.39, 0.29) is 11.9 Å². The van der Waals surface area contributed by atoms with E-state index in [0.29, 0.717) is 5.13 Å². The van der Waals surface area contributed by atoms with Gasteiger partial charge in [0.2, 0.25) is 5.91 Å². The van der Waals surface area contributed by atoms with Crippen molar-refractivity contribution in [2.24, 2.45) is 0 Å². The summed E-state index contributed by atoms with van der Waals surface area (Å²) in [6, 6.07) is 30.2. The predicted octanol–water partition coefficient (Wildman–Crippen LogP) is 5.31. The van der Waals surface area contributed by atoms with Crippen LogP contribution in [0.15, 0.2) is 96.4 Å². The van der Waals surface area contributed by atoms with Crippen molar-refractivity contribution in [2.45, 2.75) is 6.04 Å². The molecule has 6 heteroatoms. The molecule has 33 heavy (non-hydrogen) atoms. The first-order valence-corrected chi connectivity index (χ1v) is 12.1. The molecule has 1 aromatic heterocycles. The monoisotopic (exact) mass is 454 g/mol. The number of aromatic nitrogens is 1. The minimum absolute atomic E-state index is 0.0386. The third-order valence-electron chi connectivity index (χ3n) is 5.97. The first-order valence-electron chi connectivity index (χ1n) is 11.2. The first-order chi connectivity index (χ1) is 16.3. The summed E-state index contributed by atoms with van der Waals surface area (Å²) in [6.45, 7) is 3.40. The van der Waals surface area contributed by atoms with Crippen molar-refractivity contribution >= 4 is 28.1 Å². The third kappa shape index (κ3) is 4.97. The van der Waals surface area contributed by atoms with Crippen molar-refractivity contribution in [3.8, 4) is 11.3 Å². The van der Waals surface area contributed by atoms with E-state index in [2.05, 4.69) is 44.4 Å². The Morgan fingerprint density at radius 2 is 1.42 bits per heavy atom. The van der Waals surface area contributed by atoms with E-state index in [0.717, 1.165) is 43.0 Å². The number of carbonyl (C=O) groups excluding carboxylic acids is 1. The zero-order valence-corrected chi connectivity index (χ0v) is 19.1. The summed E-state index contributed by atoms with van der Waals surface area (Å²) in [5, 5.41) is 5.70. The molecule has 1 N–H and O–H groups in total. The van der Waals surface area contributed by atoms with Gasteiger partial charge in [-0.1, -0.05) is 78.9 Å². The van der Waals surface area contributed by atoms with Crippen LogP contribution in [0.2, 0.25) is 0 Å². The zero-order valence-electron chi connectivity index (χ0n) is 18.3. The largest absolute Gasteiger partial charge is 0.369 e. The number of hydrogen-bond donors (Lipinski definition) is 1. The average molecular weight is 455 g/mol. The summed E-state index contributed by atoms with van der Waals surface area (Å²) in [5.41, 5.74) is 4.16. The van der Waals surface area contributed by atoms with Crippen molar-refractivity contribution < 1.29 is 4.79 Å². The van der Waals surface area contributed by atoms with Crippen molar-refractivity contribution in [2.75, 3.05) is 36.4 Å². The topological polar surface area (TPSA) is 48.5 Å². The van der Waals surface area contributed by atoms with E-state index in [1.54, 1.807) is 0 Å². The molecule has 0 saturated carbocycles. The number of piperazine rings is 1. The first kappa shape index (κ1) is 21.4. The maximum Gasteiger partial charge on any atom is 0.248 e. The van der Waals surface area contributed by atoms with Gasteiger partial charge in [-0.2, -0.15) is 0 Å². The molecule has 1 saturated heterocycles. The normalized spacial score (nSPS) is 15.2. The van der Waals surface area contributed by atoms with Crippen LogP contribution < -0.4 is 10.2 Å². The molecule has 5 rings (SSSR count). The van der Waals surface area contributed by atoms with Gasteiger partial charge in [-0.15, -0.1) is 11.3 Å². The van der Waals surface area contributed by atoms with Gasteiger partial charge >= 0.3 is 0 Å². The van der Waals surface area contributed by atoms with Crippen molar-refractivity contribution in [1.82, 2.24) is 9.88 Å². The van der Waals surface area contributed by atoms with Gasteiger partial charge in [0, 0.05) is 42.8 Å². The van der Waals surface area contributed by atoms with E-state index < -0.39 is 0 Å². The standard InChI is InChI=1S/C27H26N4OS/c32-26(29-27-28-24(20-33-27)21-10-4-1-5-11-21)25(22-12-6-2-7-13-22)31-18-16-30(17-19-31)23-14-8-3-9-15-23/h1-15,20,25H,16-19H2,(H,28,29,32). The second-order valence-corrected chi connectivity index (χ2v) is 8.92. The maximum absolute atomic E-state index is 13.5. The van der Waals surface area contributed by atoms with E-state index in [4.69, 9.17) is 0 Å². The molecule has 2 heterocycles. The Labute approximate surface area is 198 Å². The summed E-state index contributed by atoms with van der Waals surface area (Å²) in [4.78, 5) is 22.8. The highest BCUT2D eigenvalue weighted by atomic mass is 32.1. The van der Waals surface area contributed by atoms with Crippen LogP contribution in [0.1, 0.15) is 11.6 Å². The van der Waals surface area contributed by atoms with E-state index in [9.17, 15) is 4.79 Å². The Balaban J connectivity index is 1.32. The number of nitrogens with zero attached hydrogens (tertiary/aromatic N) is 3. The van der Waals surface area contributed by atoms with Gasteiger partial charge in [0.05, 0.1) is 5.69 Å². The average Bonchev–Trinajstić information content (AvgIpc) is 3.35. The Kier molecular flexibility index (Phi) is 6.46. The number of rotatable bonds is 6. The fraction of sp³-hybridized carbons (Fsp3) is 0.185. The fourth-order valence-electron chi connectivity index (χ4n) is 4.29. The number of benzene rings is 3. The second-order valence-electron chi connectivity index (χ2n) is 8.06. The van der Waals surface area contributed by atoms with Crippen LogP contribution in [0.4, 0.5) is 10.8 Å². The highest BCUT2D eigenvalue weighted by Gasteiger charge is 2.31. The van der Waals surface area contributed by atoms with Crippen LogP contribution in [0.5, 0.6) is 0 Å². The van der Waals surface area contributed by atoms with Crippen molar-refractivity contribution in [3.05, 3.63) is 102 Å². The lowest BCUT2D eigenvalue weighted by atomic mass is 10.0. The van der Waals surface area contributed by atoms with Gasteiger partial charge in [-0.05, 0) is 17.7 Å². The minimum atomic E-state index is -0.354. The summed E-state index contributed by atoms with van der Waals surface area (Å²) in [5.74, 6) is -0.0386. The molecule has 0 bridgehead atoms. The van der Waals surface area contributed by atoms with Crippen molar-refractivity contribution in [1.29, 1.82) is 0 Å². The van der Waals surface area contributed by atoms with Gasteiger partial charge in [-0.25, -0.2) is 4.98 Å². The Bertz CT molecular complexity index is 1170. The van der Waals surface area contributed by atoms with Gasteiger partial charge in [0.15, 0.2) is 5.13 Å². The number of nitrogens with one attached hydrogen (secondary N) is 1. The lowest BCUT2D eigenvalue weighted by molar-refractivity contribution is -0.121. The molecule has 1 fully saturated rings. The van der Waals surface area contributed by atoms with Crippen LogP contribution >= 0.6 is 11.3 Å². The predicted molar refractivity (Wildman–Crippen MR) is 136 cm³/mol. The van der Waals surface area contributed by atoms with E-state index in [1.165, 1.54) is 17.0 Å². The molecule has 0 radical (unpaired) electrons. The second kappa shape index (κ2) is 9.98. The summed E-state index contributed by atoms with van der Waals surface area (Å²) in [6.07, 6.45) is 0. The molecular formula is C27H26N4OS. The minimum Gasteiger partial charge on any atom is -0.369 e. The third-order valence-corrected chi connectivity index (χ3v) is 6.73. The smallest absolute Gasteiger partial charge is 0.248 e. The molecule has 1 unspecified atom stereocenters. The maximum atomic E-state index is 13.5. The fourth-order valence-corrected chi connectivity index (χ4v) is 5.01. The van der Waals surface area contributed by atoms with Crippen LogP contribution in [0.3, 0.4) is 0 Å². The summed E-state index contributed by atoms with van der Waals surface area (Å²) in [7, 11) is 0. The Morgan fingerprint density at radius 3 is 2.09 bits per heavy atom. The summed E-state index contributed by atoms with van der Waals surface area (Å²) >= 11 is 1.46. The number of para-hydroxylation sites is 1. The van der Waals surface area contributed by atoms with Gasteiger partial charge in [0.25, 0.3) is 0 Å². The van der Waals surface area contributed by atoms with Crippen LogP contribution in [-0.2, 0) is 4.79 Å². The highest BCUT2D eigenvalue weighted by Crippen LogP contribution is 2.28. The number of carbonyl (C=O) groups is 1. The molecule has 1 amide bonds. The molecular weight excluding hydrogens is 428 g/mol. The molecule has 5 nitrogen and oxygen atoms in total. The van der Waals surface area contributed by atoms with Crippen molar-refractivity contribution in [3.63, 3.8) is 0 Å². The zero-order chi connectivity index (χ0) is 22.5. The number of amides is 1. The van der Waals surface area contributed by atoms with Crippen LogP contribution in [-0.4, -0.2) is 42.0 Å². The molecule has 166 valence electrons. The Morgan fingerprint density at radius 1 is 0.818 bits per heavy atom. The number of thiazole rings is 1. The van der Waals surface area contributed by atoms with Gasteiger partial charge in [0.1, 0.15) is 6.04 Å². The lowest BCUT2D eigenvalue weighted by Gasteiger charge is -2.39. The number of anilines is 2. The lowest BCUT2D eigenvalue weighted by Crippen LogP contribution is -2.50. The summed E-state index contributed by atoms with van der Waals surface area (Å²) < 4.78 is 0. The molecule has 0 aliphatic carbocycles. The van der Waals surface area contributed by atoms with Gasteiger partial charge < -0.3 is 10.2 Å².